The molecule has 0 spiro atoms. The van der Waals surface area contributed by atoms with E-state index in [0.29, 0.717) is 12.1 Å². The van der Waals surface area contributed by atoms with Gasteiger partial charge in [-0.2, -0.15) is 13.2 Å². The number of halogens is 4. The Labute approximate surface area is 124 Å². The van der Waals surface area contributed by atoms with Crippen LogP contribution in [0.15, 0.2) is 23.1 Å². The Balaban J connectivity index is 2.28. The number of benzene rings is 1. The van der Waals surface area contributed by atoms with Gasteiger partial charge in [0.2, 0.25) is 0 Å². The number of hydrogen-bond acceptors (Lipinski definition) is 4. The fourth-order valence-corrected chi connectivity index (χ4v) is 4.19. The topological polar surface area (TPSA) is 60.4 Å². The van der Waals surface area contributed by atoms with Crippen molar-refractivity contribution in [2.75, 3.05) is 7.11 Å². The van der Waals surface area contributed by atoms with Crippen LogP contribution in [0, 0.1) is 11.7 Å². The SMILES string of the molecule is COC(=O)C1CC(S(=O)(=O)c2cc(F)cc(C(F)(F)F)c2)C1. The number of carbonyl (C=O) groups excluding carboxylic acids is 1. The highest BCUT2D eigenvalue weighted by atomic mass is 32.2. The predicted octanol–water partition coefficient (Wildman–Crippen LogP) is 2.57. The van der Waals surface area contributed by atoms with Crippen LogP contribution in [-0.4, -0.2) is 26.7 Å². The summed E-state index contributed by atoms with van der Waals surface area (Å²) in [7, 11) is -2.97. The maximum absolute atomic E-state index is 13.3. The van der Waals surface area contributed by atoms with Gasteiger partial charge in [-0.15, -0.1) is 0 Å². The summed E-state index contributed by atoms with van der Waals surface area (Å²) in [5.41, 5.74) is -1.37. The summed E-state index contributed by atoms with van der Waals surface area (Å²) in [6, 6.07) is 1.19. The summed E-state index contributed by atoms with van der Waals surface area (Å²) in [6.07, 6.45) is -4.94. The van der Waals surface area contributed by atoms with E-state index in [0.717, 1.165) is 7.11 Å². The third-order valence-electron chi connectivity index (χ3n) is 3.60. The number of hydrogen-bond donors (Lipinski definition) is 0. The maximum Gasteiger partial charge on any atom is 0.416 e. The minimum Gasteiger partial charge on any atom is -0.469 e. The summed E-state index contributed by atoms with van der Waals surface area (Å²) in [5.74, 6) is -2.45. The molecule has 1 aliphatic carbocycles. The molecule has 0 aliphatic heterocycles. The molecule has 9 heteroatoms. The van der Waals surface area contributed by atoms with E-state index >= 15 is 0 Å². The molecular formula is C13H12F4O4S. The van der Waals surface area contributed by atoms with Gasteiger partial charge in [-0.25, -0.2) is 12.8 Å². The standard InChI is InChI=1S/C13H12F4O4S/c1-21-12(18)7-2-10(3-7)22(19,20)11-5-8(13(15,16)17)4-9(14)6-11/h4-7,10H,2-3H2,1H3. The van der Waals surface area contributed by atoms with Gasteiger partial charge in [0.15, 0.2) is 9.84 Å². The molecule has 0 unspecified atom stereocenters. The Bertz CT molecular complexity index is 690. The first-order chi connectivity index (χ1) is 10.1. The minimum atomic E-state index is -4.85. The molecule has 0 atom stereocenters. The summed E-state index contributed by atoms with van der Waals surface area (Å²) >= 11 is 0. The average molecular weight is 340 g/mol. The van der Waals surface area contributed by atoms with Crippen LogP contribution >= 0.6 is 0 Å². The Morgan fingerprint density at radius 1 is 1.23 bits per heavy atom. The van der Waals surface area contributed by atoms with Gasteiger partial charge in [0.05, 0.1) is 28.7 Å². The van der Waals surface area contributed by atoms with Gasteiger partial charge in [0.25, 0.3) is 0 Å². The van der Waals surface area contributed by atoms with Gasteiger partial charge >= 0.3 is 12.1 Å². The molecule has 0 saturated heterocycles. The minimum absolute atomic E-state index is 0.0487. The molecular weight excluding hydrogens is 328 g/mol. The second-order valence-corrected chi connectivity index (χ2v) is 7.26. The van der Waals surface area contributed by atoms with Crippen LogP contribution < -0.4 is 0 Å². The van der Waals surface area contributed by atoms with Crippen LogP contribution in [0.2, 0.25) is 0 Å². The van der Waals surface area contributed by atoms with Gasteiger partial charge in [0.1, 0.15) is 5.82 Å². The molecule has 4 nitrogen and oxygen atoms in total. The molecule has 22 heavy (non-hydrogen) atoms. The van der Waals surface area contributed by atoms with Crippen molar-refractivity contribution in [1.82, 2.24) is 0 Å². The highest BCUT2D eigenvalue weighted by molar-refractivity contribution is 7.92. The Morgan fingerprint density at radius 3 is 2.32 bits per heavy atom. The first kappa shape index (κ1) is 16.7. The summed E-state index contributed by atoms with van der Waals surface area (Å²) < 4.78 is 80.1. The number of carbonyl (C=O) groups is 1. The van der Waals surface area contributed by atoms with E-state index in [-0.39, 0.29) is 18.9 Å². The van der Waals surface area contributed by atoms with Gasteiger partial charge in [0, 0.05) is 0 Å². The summed E-state index contributed by atoms with van der Waals surface area (Å²) in [6.45, 7) is 0. The van der Waals surface area contributed by atoms with Crippen LogP contribution in [0.4, 0.5) is 17.6 Å². The fraction of sp³-hybridized carbons (Fsp3) is 0.462. The van der Waals surface area contributed by atoms with Crippen molar-refractivity contribution in [1.29, 1.82) is 0 Å². The van der Waals surface area contributed by atoms with Gasteiger partial charge < -0.3 is 4.74 Å². The molecule has 0 bridgehead atoms. The molecule has 1 aromatic carbocycles. The largest absolute Gasteiger partial charge is 0.469 e. The first-order valence-corrected chi connectivity index (χ1v) is 7.80. The van der Waals surface area contributed by atoms with E-state index in [1.54, 1.807) is 0 Å². The average Bonchev–Trinajstić information content (AvgIpc) is 2.34. The lowest BCUT2D eigenvalue weighted by atomic mass is 9.85. The molecule has 122 valence electrons. The zero-order valence-electron chi connectivity index (χ0n) is 11.4. The van der Waals surface area contributed by atoms with E-state index in [9.17, 15) is 30.8 Å². The van der Waals surface area contributed by atoms with E-state index < -0.39 is 49.4 Å². The summed E-state index contributed by atoms with van der Waals surface area (Å²) in [5, 5.41) is -1.01. The van der Waals surface area contributed by atoms with Crippen molar-refractivity contribution < 1.29 is 35.5 Å². The number of rotatable bonds is 3. The zero-order chi connectivity index (χ0) is 16.7. The molecule has 1 aromatic rings. The lowest BCUT2D eigenvalue weighted by Crippen LogP contribution is -2.40. The molecule has 0 amide bonds. The Morgan fingerprint density at radius 2 is 1.82 bits per heavy atom. The molecule has 0 N–H and O–H groups in total. The number of esters is 1. The van der Waals surface area contributed by atoms with Crippen molar-refractivity contribution in [3.05, 3.63) is 29.6 Å². The monoisotopic (exact) mass is 340 g/mol. The van der Waals surface area contributed by atoms with Crippen molar-refractivity contribution in [2.45, 2.75) is 29.2 Å². The molecule has 1 aliphatic rings. The Kier molecular flexibility index (Phi) is 4.20. The van der Waals surface area contributed by atoms with Gasteiger partial charge in [-0.3, -0.25) is 4.79 Å². The molecule has 1 fully saturated rings. The van der Waals surface area contributed by atoms with Crippen LogP contribution in [0.1, 0.15) is 18.4 Å². The van der Waals surface area contributed by atoms with Gasteiger partial charge in [-0.05, 0) is 31.0 Å². The van der Waals surface area contributed by atoms with Crippen molar-refractivity contribution in [3.8, 4) is 0 Å². The lowest BCUT2D eigenvalue weighted by molar-refractivity contribution is -0.148. The smallest absolute Gasteiger partial charge is 0.416 e. The van der Waals surface area contributed by atoms with Gasteiger partial charge in [-0.1, -0.05) is 0 Å². The normalized spacial score (nSPS) is 22.0. The van der Waals surface area contributed by atoms with E-state index in [4.69, 9.17) is 0 Å². The maximum atomic E-state index is 13.3. The number of ether oxygens (including phenoxy) is 1. The quantitative estimate of drug-likeness (QED) is 0.627. The van der Waals surface area contributed by atoms with Crippen LogP contribution in [-0.2, 0) is 25.5 Å². The van der Waals surface area contributed by atoms with Crippen molar-refractivity contribution in [2.24, 2.45) is 5.92 Å². The van der Waals surface area contributed by atoms with Crippen LogP contribution in [0.3, 0.4) is 0 Å². The molecule has 0 aromatic heterocycles. The van der Waals surface area contributed by atoms with Crippen LogP contribution in [0.25, 0.3) is 0 Å². The number of alkyl halides is 3. The van der Waals surface area contributed by atoms with E-state index in [1.165, 1.54) is 0 Å². The molecule has 1 saturated carbocycles. The Hall–Kier alpha value is -1.64. The predicted molar refractivity (Wildman–Crippen MR) is 67.1 cm³/mol. The van der Waals surface area contributed by atoms with Crippen molar-refractivity contribution >= 4 is 15.8 Å². The highest BCUT2D eigenvalue weighted by Gasteiger charge is 2.44. The highest BCUT2D eigenvalue weighted by Crippen LogP contribution is 2.38. The first-order valence-electron chi connectivity index (χ1n) is 6.25. The third-order valence-corrected chi connectivity index (χ3v) is 5.75. The molecule has 2 rings (SSSR count). The lowest BCUT2D eigenvalue weighted by Gasteiger charge is -2.32. The van der Waals surface area contributed by atoms with Crippen LogP contribution in [0.5, 0.6) is 0 Å². The van der Waals surface area contributed by atoms with E-state index in [1.807, 2.05) is 0 Å². The third kappa shape index (κ3) is 3.08. The second kappa shape index (κ2) is 5.53. The second-order valence-electron chi connectivity index (χ2n) is 5.03. The zero-order valence-corrected chi connectivity index (χ0v) is 12.2. The summed E-state index contributed by atoms with van der Waals surface area (Å²) in [4.78, 5) is 10.5. The van der Waals surface area contributed by atoms with E-state index in [2.05, 4.69) is 4.74 Å². The molecule has 0 heterocycles. The van der Waals surface area contributed by atoms with Crippen molar-refractivity contribution in [3.63, 3.8) is 0 Å². The number of methoxy groups -OCH3 is 1. The fourth-order valence-electron chi connectivity index (χ4n) is 2.26. The molecule has 0 radical (unpaired) electrons. The number of sulfone groups is 1.